The molecule has 2 aliphatic heterocycles. The first-order valence-corrected chi connectivity index (χ1v) is 5.93. The number of hydrogen-bond acceptors (Lipinski definition) is 2. The average molecular weight is 223 g/mol. The number of benzene rings is 1. The van der Waals surface area contributed by atoms with Crippen molar-refractivity contribution in [3.8, 4) is 0 Å². The summed E-state index contributed by atoms with van der Waals surface area (Å²) in [6, 6.07) is 6.19. The molecule has 1 spiro atoms. The lowest BCUT2D eigenvalue weighted by Crippen LogP contribution is -2.46. The topological polar surface area (TPSA) is 24.1 Å². The first-order valence-electron chi connectivity index (χ1n) is 5.55. The number of fused-ring (bicyclic) bond motifs is 1. The van der Waals surface area contributed by atoms with Crippen molar-refractivity contribution < 1.29 is 0 Å². The normalized spacial score (nSPS) is 22.5. The van der Waals surface area contributed by atoms with E-state index in [1.54, 1.807) is 0 Å². The summed E-state index contributed by atoms with van der Waals surface area (Å²) in [4.78, 5) is 0. The summed E-state index contributed by atoms with van der Waals surface area (Å²) in [5, 5.41) is 7.90. The summed E-state index contributed by atoms with van der Waals surface area (Å²) in [5.74, 6) is 0. The second-order valence-electron chi connectivity index (χ2n) is 4.63. The Morgan fingerprint density at radius 2 is 2.00 bits per heavy atom. The molecule has 1 aromatic carbocycles. The quantitative estimate of drug-likeness (QED) is 0.705. The van der Waals surface area contributed by atoms with E-state index in [9.17, 15) is 0 Å². The summed E-state index contributed by atoms with van der Waals surface area (Å²) in [6.45, 7) is 2.24. The Hall–Kier alpha value is -0.730. The molecule has 0 bridgehead atoms. The van der Waals surface area contributed by atoms with Gasteiger partial charge in [0.2, 0.25) is 0 Å². The van der Waals surface area contributed by atoms with Crippen LogP contribution in [0, 0.1) is 0 Å². The third kappa shape index (κ3) is 1.62. The fraction of sp³-hybridized carbons (Fsp3) is 0.500. The van der Waals surface area contributed by atoms with E-state index in [4.69, 9.17) is 11.6 Å². The largest absolute Gasteiger partial charge is 0.379 e. The van der Waals surface area contributed by atoms with E-state index in [-0.39, 0.29) is 0 Å². The molecule has 2 aliphatic rings. The highest BCUT2D eigenvalue weighted by Gasteiger charge is 2.37. The van der Waals surface area contributed by atoms with Crippen molar-refractivity contribution >= 4 is 17.3 Å². The first kappa shape index (κ1) is 9.49. The molecule has 2 N–H and O–H groups in total. The molecule has 1 aromatic rings. The zero-order valence-corrected chi connectivity index (χ0v) is 9.40. The Bertz CT molecular complexity index is 383. The monoisotopic (exact) mass is 222 g/mol. The van der Waals surface area contributed by atoms with Crippen LogP contribution in [0.25, 0.3) is 0 Å². The van der Waals surface area contributed by atoms with Gasteiger partial charge in [-0.3, -0.25) is 0 Å². The minimum absolute atomic E-state index is 0.304. The van der Waals surface area contributed by atoms with E-state index < -0.39 is 0 Å². The van der Waals surface area contributed by atoms with Gasteiger partial charge in [-0.2, -0.15) is 0 Å². The molecular weight excluding hydrogens is 208 g/mol. The minimum Gasteiger partial charge on any atom is -0.379 e. The lowest BCUT2D eigenvalue weighted by Gasteiger charge is -2.34. The van der Waals surface area contributed by atoms with Crippen molar-refractivity contribution in [1.29, 1.82) is 0 Å². The van der Waals surface area contributed by atoms with Crippen molar-refractivity contribution in [2.45, 2.75) is 24.8 Å². The maximum atomic E-state index is 6.00. The molecule has 3 rings (SSSR count). The predicted octanol–water partition coefficient (Wildman–Crippen LogP) is 2.43. The summed E-state index contributed by atoms with van der Waals surface area (Å²) < 4.78 is 0. The van der Waals surface area contributed by atoms with Gasteiger partial charge < -0.3 is 10.6 Å². The number of piperidine rings is 1. The molecule has 1 saturated heterocycles. The number of nitrogens with one attached hydrogen (secondary N) is 2. The Morgan fingerprint density at radius 1 is 1.20 bits per heavy atom. The van der Waals surface area contributed by atoms with Crippen molar-refractivity contribution in [2.75, 3.05) is 18.4 Å². The third-order valence-corrected chi connectivity index (χ3v) is 3.80. The van der Waals surface area contributed by atoms with Gasteiger partial charge in [0, 0.05) is 16.2 Å². The standard InChI is InChI=1S/C12H15ClN2/c13-10-2-1-9-8-12(15-11(9)7-10)3-5-14-6-4-12/h1-2,7,14-15H,3-6,8H2. The summed E-state index contributed by atoms with van der Waals surface area (Å²) >= 11 is 6.00. The van der Waals surface area contributed by atoms with Crippen molar-refractivity contribution in [2.24, 2.45) is 0 Å². The molecule has 0 unspecified atom stereocenters. The molecule has 0 aromatic heterocycles. The van der Waals surface area contributed by atoms with Crippen LogP contribution < -0.4 is 10.6 Å². The van der Waals surface area contributed by atoms with Gasteiger partial charge in [-0.25, -0.2) is 0 Å². The zero-order valence-electron chi connectivity index (χ0n) is 8.65. The van der Waals surface area contributed by atoms with Crippen molar-refractivity contribution in [3.63, 3.8) is 0 Å². The minimum atomic E-state index is 0.304. The van der Waals surface area contributed by atoms with Crippen LogP contribution in [0.5, 0.6) is 0 Å². The van der Waals surface area contributed by atoms with Crippen LogP contribution in [-0.4, -0.2) is 18.6 Å². The van der Waals surface area contributed by atoms with Crippen LogP contribution in [0.2, 0.25) is 5.02 Å². The van der Waals surface area contributed by atoms with Crippen LogP contribution in [0.4, 0.5) is 5.69 Å². The number of rotatable bonds is 0. The molecule has 3 heteroatoms. The zero-order chi connectivity index (χ0) is 10.3. The highest BCUT2D eigenvalue weighted by atomic mass is 35.5. The first-order chi connectivity index (χ1) is 7.27. The fourth-order valence-corrected chi connectivity index (χ4v) is 2.89. The number of anilines is 1. The van der Waals surface area contributed by atoms with Gasteiger partial charge in [0.1, 0.15) is 0 Å². The fourth-order valence-electron chi connectivity index (χ4n) is 2.72. The van der Waals surface area contributed by atoms with Crippen LogP contribution in [-0.2, 0) is 6.42 Å². The molecule has 0 aliphatic carbocycles. The van der Waals surface area contributed by atoms with Gasteiger partial charge in [0.25, 0.3) is 0 Å². The van der Waals surface area contributed by atoms with Gasteiger partial charge in [-0.1, -0.05) is 17.7 Å². The molecule has 80 valence electrons. The number of hydrogen-bond donors (Lipinski definition) is 2. The summed E-state index contributed by atoms with van der Waals surface area (Å²) in [6.07, 6.45) is 3.57. The van der Waals surface area contributed by atoms with Gasteiger partial charge >= 0.3 is 0 Å². The van der Waals surface area contributed by atoms with Gasteiger partial charge in [0.15, 0.2) is 0 Å². The molecule has 0 amide bonds. The van der Waals surface area contributed by atoms with Crippen molar-refractivity contribution in [1.82, 2.24) is 5.32 Å². The third-order valence-electron chi connectivity index (χ3n) is 3.56. The van der Waals surface area contributed by atoms with E-state index in [0.29, 0.717) is 5.54 Å². The van der Waals surface area contributed by atoms with Crippen LogP contribution in [0.15, 0.2) is 18.2 Å². The van der Waals surface area contributed by atoms with Gasteiger partial charge in [-0.05, 0) is 50.0 Å². The second kappa shape index (κ2) is 3.39. The molecule has 0 atom stereocenters. The van der Waals surface area contributed by atoms with Crippen molar-refractivity contribution in [3.05, 3.63) is 28.8 Å². The lowest BCUT2D eigenvalue weighted by atomic mass is 9.86. The lowest BCUT2D eigenvalue weighted by molar-refractivity contribution is 0.348. The highest BCUT2D eigenvalue weighted by molar-refractivity contribution is 6.30. The van der Waals surface area contributed by atoms with E-state index in [1.807, 2.05) is 12.1 Å². The maximum Gasteiger partial charge on any atom is 0.0439 e. The smallest absolute Gasteiger partial charge is 0.0439 e. The van der Waals surface area contributed by atoms with E-state index in [0.717, 1.165) is 24.5 Å². The van der Waals surface area contributed by atoms with Gasteiger partial charge in [0.05, 0.1) is 0 Å². The van der Waals surface area contributed by atoms with E-state index in [1.165, 1.54) is 24.1 Å². The molecule has 0 radical (unpaired) electrons. The molecule has 2 nitrogen and oxygen atoms in total. The van der Waals surface area contributed by atoms with E-state index in [2.05, 4.69) is 16.7 Å². The molecule has 1 fully saturated rings. The maximum absolute atomic E-state index is 6.00. The predicted molar refractivity (Wildman–Crippen MR) is 63.6 cm³/mol. The second-order valence-corrected chi connectivity index (χ2v) is 5.07. The average Bonchev–Trinajstić information content (AvgIpc) is 2.56. The van der Waals surface area contributed by atoms with Gasteiger partial charge in [-0.15, -0.1) is 0 Å². The Balaban J connectivity index is 1.90. The highest BCUT2D eigenvalue weighted by Crippen LogP contribution is 2.38. The Kier molecular flexibility index (Phi) is 2.15. The molecule has 15 heavy (non-hydrogen) atoms. The molecule has 2 heterocycles. The SMILES string of the molecule is Clc1ccc2c(c1)NC1(CCNCC1)C2. The van der Waals surface area contributed by atoms with Crippen LogP contribution in [0.1, 0.15) is 18.4 Å². The molecular formula is C12H15ClN2. The van der Waals surface area contributed by atoms with Crippen LogP contribution >= 0.6 is 11.6 Å². The van der Waals surface area contributed by atoms with E-state index >= 15 is 0 Å². The van der Waals surface area contributed by atoms with Crippen LogP contribution in [0.3, 0.4) is 0 Å². The number of halogens is 1. The summed E-state index contributed by atoms with van der Waals surface area (Å²) in [7, 11) is 0. The Morgan fingerprint density at radius 3 is 2.80 bits per heavy atom. The Labute approximate surface area is 95.0 Å². The molecule has 0 saturated carbocycles. The summed E-state index contributed by atoms with van der Waals surface area (Å²) in [5.41, 5.74) is 2.96.